The normalized spacial score (nSPS) is 20.0. The molecular weight excluding hydrogens is 354 g/mol. The summed E-state index contributed by atoms with van der Waals surface area (Å²) in [7, 11) is 0. The summed E-state index contributed by atoms with van der Waals surface area (Å²) >= 11 is 0. The molecule has 1 aromatic rings. The zero-order valence-corrected chi connectivity index (χ0v) is 17.4. The number of hydrogen-bond donors (Lipinski definition) is 1. The molecule has 6 nitrogen and oxygen atoms in total. The van der Waals surface area contributed by atoms with Gasteiger partial charge in [-0.05, 0) is 58.2 Å². The second kappa shape index (κ2) is 8.95. The highest BCUT2D eigenvalue weighted by Gasteiger charge is 2.27. The molecule has 28 heavy (non-hydrogen) atoms. The van der Waals surface area contributed by atoms with Gasteiger partial charge < -0.3 is 15.0 Å². The Labute approximate surface area is 168 Å². The first-order valence-corrected chi connectivity index (χ1v) is 10.4. The molecule has 2 heterocycles. The second-order valence-electron chi connectivity index (χ2n) is 8.74. The van der Waals surface area contributed by atoms with Crippen molar-refractivity contribution in [2.24, 2.45) is 0 Å². The quantitative estimate of drug-likeness (QED) is 0.842. The zero-order valence-electron chi connectivity index (χ0n) is 17.4. The number of rotatable bonds is 5. The van der Waals surface area contributed by atoms with Gasteiger partial charge in [0.1, 0.15) is 5.60 Å². The minimum absolute atomic E-state index is 0.189. The van der Waals surface area contributed by atoms with Crippen LogP contribution in [-0.2, 0) is 16.0 Å². The molecule has 1 fully saturated rings. The molecule has 1 atom stereocenters. The Bertz CT molecular complexity index is 699. The summed E-state index contributed by atoms with van der Waals surface area (Å²) in [6.07, 6.45) is 4.42. The van der Waals surface area contributed by atoms with E-state index in [0.29, 0.717) is 13.0 Å². The van der Waals surface area contributed by atoms with E-state index in [-0.39, 0.29) is 18.0 Å². The molecule has 0 aliphatic carbocycles. The van der Waals surface area contributed by atoms with E-state index in [1.54, 1.807) is 0 Å². The Morgan fingerprint density at radius 2 is 1.96 bits per heavy atom. The van der Waals surface area contributed by atoms with Crippen molar-refractivity contribution in [1.82, 2.24) is 10.2 Å². The summed E-state index contributed by atoms with van der Waals surface area (Å²) in [5.41, 5.74) is 1.83. The number of amides is 2. The summed E-state index contributed by atoms with van der Waals surface area (Å²) in [6, 6.07) is 8.43. The predicted molar refractivity (Wildman–Crippen MR) is 111 cm³/mol. The molecule has 0 saturated carbocycles. The summed E-state index contributed by atoms with van der Waals surface area (Å²) in [5.74, 6) is 0.189. The van der Waals surface area contributed by atoms with Crippen LogP contribution in [0.15, 0.2) is 24.3 Å². The van der Waals surface area contributed by atoms with Gasteiger partial charge in [0, 0.05) is 37.8 Å². The van der Waals surface area contributed by atoms with E-state index in [4.69, 9.17) is 4.74 Å². The number of anilines is 1. The first kappa shape index (κ1) is 20.6. The van der Waals surface area contributed by atoms with Crippen LogP contribution >= 0.6 is 0 Å². The van der Waals surface area contributed by atoms with E-state index in [2.05, 4.69) is 16.3 Å². The molecule has 0 radical (unpaired) electrons. The fourth-order valence-corrected chi connectivity index (χ4v) is 4.07. The van der Waals surface area contributed by atoms with Crippen LogP contribution in [0.4, 0.5) is 10.5 Å². The van der Waals surface area contributed by atoms with Crippen molar-refractivity contribution in [2.45, 2.75) is 64.5 Å². The first-order chi connectivity index (χ1) is 13.3. The van der Waals surface area contributed by atoms with E-state index >= 15 is 0 Å². The van der Waals surface area contributed by atoms with Gasteiger partial charge >= 0.3 is 6.09 Å². The molecule has 0 aromatic heterocycles. The molecule has 2 amide bonds. The van der Waals surface area contributed by atoms with Gasteiger partial charge in [0.15, 0.2) is 0 Å². The van der Waals surface area contributed by atoms with Gasteiger partial charge in [-0.15, -0.1) is 0 Å². The van der Waals surface area contributed by atoms with Crippen LogP contribution in [0.3, 0.4) is 0 Å². The lowest BCUT2D eigenvalue weighted by Gasteiger charge is -2.36. The topological polar surface area (TPSA) is 61.9 Å². The van der Waals surface area contributed by atoms with Gasteiger partial charge in [0.05, 0.1) is 0 Å². The number of alkyl carbamates (subject to hydrolysis) is 1. The smallest absolute Gasteiger partial charge is 0.407 e. The molecule has 0 bridgehead atoms. The van der Waals surface area contributed by atoms with Crippen LogP contribution in [-0.4, -0.2) is 54.7 Å². The molecular formula is C22H33N3O3. The zero-order chi connectivity index (χ0) is 20.1. The van der Waals surface area contributed by atoms with Crippen molar-refractivity contribution in [3.8, 4) is 0 Å². The molecule has 0 spiro atoms. The number of fused-ring (bicyclic) bond motifs is 1. The van der Waals surface area contributed by atoms with Crippen molar-refractivity contribution in [1.29, 1.82) is 0 Å². The number of benzene rings is 1. The average molecular weight is 388 g/mol. The van der Waals surface area contributed by atoms with Gasteiger partial charge in [0.2, 0.25) is 5.91 Å². The Kier molecular flexibility index (Phi) is 6.60. The summed E-state index contributed by atoms with van der Waals surface area (Å²) in [6.45, 7) is 8.64. The molecule has 6 heteroatoms. The first-order valence-electron chi connectivity index (χ1n) is 10.4. The lowest BCUT2D eigenvalue weighted by Crippen LogP contribution is -2.48. The molecule has 1 N–H and O–H groups in total. The van der Waals surface area contributed by atoms with Crippen molar-refractivity contribution in [2.75, 3.05) is 31.1 Å². The fourth-order valence-electron chi connectivity index (χ4n) is 4.07. The Balaban J connectivity index is 1.49. The Morgan fingerprint density at radius 1 is 1.18 bits per heavy atom. The molecule has 2 aliphatic heterocycles. The van der Waals surface area contributed by atoms with E-state index in [1.807, 2.05) is 43.9 Å². The number of nitrogens with zero attached hydrogens (tertiary/aromatic N) is 2. The van der Waals surface area contributed by atoms with E-state index in [9.17, 15) is 9.59 Å². The standard InChI is InChI=1S/C22H33N3O3/c1-22(2,3)28-21(27)23-16-18-9-6-7-13-24(18)14-12-20(26)25-15-11-17-8-4-5-10-19(17)25/h4-5,8,10,18H,6-7,9,11-16H2,1-3H3,(H,23,27). The SMILES string of the molecule is CC(C)(C)OC(=O)NCC1CCCCN1CCC(=O)N1CCc2ccccc21. The summed E-state index contributed by atoms with van der Waals surface area (Å²) in [5, 5.41) is 2.90. The van der Waals surface area contributed by atoms with Crippen molar-refractivity contribution in [3.05, 3.63) is 29.8 Å². The highest BCUT2D eigenvalue weighted by Crippen LogP contribution is 2.28. The van der Waals surface area contributed by atoms with E-state index in [0.717, 1.165) is 51.0 Å². The molecule has 154 valence electrons. The molecule has 2 aliphatic rings. The van der Waals surface area contributed by atoms with Gasteiger partial charge in [-0.3, -0.25) is 9.69 Å². The summed E-state index contributed by atoms with van der Waals surface area (Å²) < 4.78 is 5.33. The highest BCUT2D eigenvalue weighted by molar-refractivity contribution is 5.95. The van der Waals surface area contributed by atoms with Crippen molar-refractivity contribution in [3.63, 3.8) is 0 Å². The average Bonchev–Trinajstić information content (AvgIpc) is 3.08. The molecule has 3 rings (SSSR count). The maximum Gasteiger partial charge on any atom is 0.407 e. The number of nitrogens with one attached hydrogen (secondary N) is 1. The van der Waals surface area contributed by atoms with Gasteiger partial charge in [0.25, 0.3) is 0 Å². The lowest BCUT2D eigenvalue weighted by molar-refractivity contribution is -0.119. The maximum atomic E-state index is 12.8. The summed E-state index contributed by atoms with van der Waals surface area (Å²) in [4.78, 5) is 29.0. The fraction of sp³-hybridized carbons (Fsp3) is 0.636. The Hall–Kier alpha value is -2.08. The van der Waals surface area contributed by atoms with E-state index < -0.39 is 5.60 Å². The number of para-hydroxylation sites is 1. The van der Waals surface area contributed by atoms with Crippen LogP contribution in [0.25, 0.3) is 0 Å². The largest absolute Gasteiger partial charge is 0.444 e. The predicted octanol–water partition coefficient (Wildman–Crippen LogP) is 3.35. The van der Waals surface area contributed by atoms with Crippen LogP contribution in [0.2, 0.25) is 0 Å². The second-order valence-corrected chi connectivity index (χ2v) is 8.74. The molecule has 1 aromatic carbocycles. The number of likely N-dealkylation sites (tertiary alicyclic amines) is 1. The van der Waals surface area contributed by atoms with Crippen LogP contribution in [0.5, 0.6) is 0 Å². The number of carbonyl (C=O) groups is 2. The van der Waals surface area contributed by atoms with Crippen LogP contribution in [0, 0.1) is 0 Å². The molecule has 1 unspecified atom stereocenters. The van der Waals surface area contributed by atoms with Gasteiger partial charge in [-0.25, -0.2) is 4.79 Å². The van der Waals surface area contributed by atoms with Crippen molar-refractivity contribution >= 4 is 17.7 Å². The number of carbonyl (C=O) groups excluding carboxylic acids is 2. The van der Waals surface area contributed by atoms with Crippen molar-refractivity contribution < 1.29 is 14.3 Å². The number of hydrogen-bond acceptors (Lipinski definition) is 4. The maximum absolute atomic E-state index is 12.8. The monoisotopic (exact) mass is 387 g/mol. The molecule has 1 saturated heterocycles. The number of piperidine rings is 1. The third-order valence-electron chi connectivity index (χ3n) is 5.43. The third-order valence-corrected chi connectivity index (χ3v) is 5.43. The lowest BCUT2D eigenvalue weighted by atomic mass is 10.0. The minimum Gasteiger partial charge on any atom is -0.444 e. The van der Waals surface area contributed by atoms with Crippen LogP contribution < -0.4 is 10.2 Å². The van der Waals surface area contributed by atoms with Gasteiger partial charge in [-0.1, -0.05) is 24.6 Å². The van der Waals surface area contributed by atoms with E-state index in [1.165, 1.54) is 5.56 Å². The Morgan fingerprint density at radius 3 is 2.75 bits per heavy atom. The van der Waals surface area contributed by atoms with Crippen LogP contribution in [0.1, 0.15) is 52.0 Å². The number of ether oxygens (including phenoxy) is 1. The highest BCUT2D eigenvalue weighted by atomic mass is 16.6. The minimum atomic E-state index is -0.491. The van der Waals surface area contributed by atoms with Gasteiger partial charge in [-0.2, -0.15) is 0 Å². The third kappa shape index (κ3) is 5.47.